The molecule has 0 spiro atoms. The van der Waals surface area contributed by atoms with Gasteiger partial charge in [-0.3, -0.25) is 19.1 Å². The third kappa shape index (κ3) is 7.28. The number of nitrogens with zero attached hydrogens (tertiary/aromatic N) is 3. The molecule has 5 atom stereocenters. The molecule has 0 unspecified atom stereocenters. The number of pyridine rings is 1. The molecule has 1 aromatic carbocycles. The molecule has 2 aromatic rings. The molecule has 270 valence electrons. The van der Waals surface area contributed by atoms with Crippen LogP contribution < -0.4 is 24.2 Å². The average molecular weight is 712 g/mol. The number of aryl methyl sites for hydroxylation is 1. The van der Waals surface area contributed by atoms with E-state index in [4.69, 9.17) is 19.2 Å². The van der Waals surface area contributed by atoms with Crippen molar-refractivity contribution in [3.63, 3.8) is 0 Å². The molecule has 3 amide bonds. The summed E-state index contributed by atoms with van der Waals surface area (Å²) < 4.78 is 45.7. The van der Waals surface area contributed by atoms with Crippen molar-refractivity contribution in [1.29, 1.82) is 0 Å². The predicted molar refractivity (Wildman–Crippen MR) is 184 cm³/mol. The Balaban J connectivity index is 1.32. The van der Waals surface area contributed by atoms with Crippen molar-refractivity contribution in [2.75, 3.05) is 13.7 Å². The maximum absolute atomic E-state index is 14.2. The number of benzene rings is 1. The van der Waals surface area contributed by atoms with Gasteiger partial charge in [-0.1, -0.05) is 30.2 Å². The highest BCUT2D eigenvalue weighted by atomic mass is 32.2. The fourth-order valence-electron chi connectivity index (χ4n) is 6.95. The molecule has 3 fully saturated rings. The molecule has 1 saturated heterocycles. The zero-order chi connectivity index (χ0) is 35.8. The van der Waals surface area contributed by atoms with Crippen LogP contribution >= 0.6 is 0 Å². The maximum atomic E-state index is 14.2. The minimum Gasteiger partial charge on any atom is -0.496 e. The van der Waals surface area contributed by atoms with Gasteiger partial charge < -0.3 is 24.4 Å². The van der Waals surface area contributed by atoms with Crippen LogP contribution in [0.3, 0.4) is 0 Å². The van der Waals surface area contributed by atoms with E-state index in [0.717, 1.165) is 18.4 Å². The minimum absolute atomic E-state index is 0.0269. The molecule has 2 N–H and O–H groups in total. The lowest BCUT2D eigenvalue weighted by Gasteiger charge is -2.27. The second-order valence-electron chi connectivity index (χ2n) is 14.0. The van der Waals surface area contributed by atoms with Gasteiger partial charge in [-0.2, -0.15) is 0 Å². The van der Waals surface area contributed by atoms with Crippen LogP contribution in [0.1, 0.15) is 77.2 Å². The Morgan fingerprint density at radius 1 is 1.14 bits per heavy atom. The Morgan fingerprint density at radius 2 is 1.92 bits per heavy atom. The van der Waals surface area contributed by atoms with Gasteiger partial charge in [0.25, 0.3) is 11.8 Å². The van der Waals surface area contributed by atoms with E-state index in [1.165, 1.54) is 4.90 Å². The van der Waals surface area contributed by atoms with E-state index < -0.39 is 62.6 Å². The second kappa shape index (κ2) is 14.2. The van der Waals surface area contributed by atoms with E-state index in [1.54, 1.807) is 19.2 Å². The summed E-state index contributed by atoms with van der Waals surface area (Å²) in [5.74, 6) is -1.05. The van der Waals surface area contributed by atoms with Crippen LogP contribution in [0, 0.1) is 17.7 Å². The number of sulfonamides is 1. The van der Waals surface area contributed by atoms with Crippen molar-refractivity contribution in [3.8, 4) is 17.4 Å². The fraction of sp³-hybridized carbons (Fsp3) is 0.600. The molecule has 14 nitrogen and oxygen atoms in total. The van der Waals surface area contributed by atoms with Gasteiger partial charge in [0.05, 0.1) is 30.5 Å². The van der Waals surface area contributed by atoms with Crippen molar-refractivity contribution in [2.24, 2.45) is 11.1 Å². The summed E-state index contributed by atoms with van der Waals surface area (Å²) in [6.45, 7) is 5.61. The lowest BCUT2D eigenvalue weighted by atomic mass is 10.1. The Kier molecular flexibility index (Phi) is 10.1. The Labute approximate surface area is 291 Å². The van der Waals surface area contributed by atoms with Crippen LogP contribution in [0.4, 0.5) is 0 Å². The number of carbonyl (C=O) groups is 3. The summed E-state index contributed by atoms with van der Waals surface area (Å²) in [5.41, 5.74) is -0.114. The third-order valence-corrected chi connectivity index (χ3v) is 11.8. The van der Waals surface area contributed by atoms with Gasteiger partial charge in [-0.15, -0.1) is 4.91 Å². The molecule has 2 aliphatic heterocycles. The average Bonchev–Trinajstić information content (AvgIpc) is 3.99. The number of rotatable bonds is 9. The number of nitrogens with one attached hydrogen (secondary N) is 2. The first kappa shape index (κ1) is 35.6. The molecular weight excluding hydrogens is 666 g/mol. The molecule has 2 saturated carbocycles. The zero-order valence-electron chi connectivity index (χ0n) is 28.8. The summed E-state index contributed by atoms with van der Waals surface area (Å²) in [6.07, 6.45) is 7.20. The number of hydrogen-bond acceptors (Lipinski definition) is 11. The number of aromatic nitrogens is 1. The van der Waals surface area contributed by atoms with Crippen LogP contribution in [-0.2, 0) is 24.4 Å². The first-order valence-electron chi connectivity index (χ1n) is 17.4. The molecule has 4 aliphatic rings. The monoisotopic (exact) mass is 711 g/mol. The standard InChI is InChI=1S/C35H45N5O9S/c1-20(2)48-30-17-29(25-14-15-28(47-4)21(3)31(25)36-30)49-23-16-27-32(41)37-35(34(43)39-50(45,46)24-12-13-24)18-22(35)10-8-6-5-7-9-11-26(38-44)33(42)40(27)19-23/h8,10,14-15,17,20,22-24,26-27H,5-7,9,11-13,16,18-19H2,1-4H3,(H,37,41)(H,39,43)/b10-8-/t22-,23-,26+,27+,35-/m1/s1. The fourth-order valence-corrected chi connectivity index (χ4v) is 8.31. The van der Waals surface area contributed by atoms with Gasteiger partial charge in [0.2, 0.25) is 21.8 Å². The van der Waals surface area contributed by atoms with Crippen molar-refractivity contribution >= 4 is 38.6 Å². The number of nitroso groups, excluding NO2 is 1. The summed E-state index contributed by atoms with van der Waals surface area (Å²) >= 11 is 0. The highest BCUT2D eigenvalue weighted by Crippen LogP contribution is 2.46. The van der Waals surface area contributed by atoms with Crippen LogP contribution in [0.5, 0.6) is 17.4 Å². The van der Waals surface area contributed by atoms with Crippen molar-refractivity contribution < 1.29 is 37.0 Å². The zero-order valence-corrected chi connectivity index (χ0v) is 29.7. The molecular formula is C35H45N5O9S. The van der Waals surface area contributed by atoms with Crippen LogP contribution in [-0.4, -0.2) is 84.8 Å². The number of carbonyl (C=O) groups excluding carboxylic acids is 3. The van der Waals surface area contributed by atoms with Crippen molar-refractivity contribution in [2.45, 2.75) is 114 Å². The van der Waals surface area contributed by atoms with E-state index >= 15 is 0 Å². The molecule has 15 heteroatoms. The predicted octanol–water partition coefficient (Wildman–Crippen LogP) is 3.83. The van der Waals surface area contributed by atoms with Crippen molar-refractivity contribution in [1.82, 2.24) is 19.9 Å². The number of ether oxygens (including phenoxy) is 3. The number of allylic oxidation sites excluding steroid dienone is 1. The molecule has 6 rings (SSSR count). The Hall–Kier alpha value is -4.27. The first-order chi connectivity index (χ1) is 23.9. The van der Waals surface area contributed by atoms with E-state index in [-0.39, 0.29) is 31.9 Å². The summed E-state index contributed by atoms with van der Waals surface area (Å²) in [6, 6.07) is 2.99. The number of methoxy groups -OCH3 is 1. The lowest BCUT2D eigenvalue weighted by Crippen LogP contribution is -2.57. The molecule has 2 aliphatic carbocycles. The van der Waals surface area contributed by atoms with Crippen LogP contribution in [0.2, 0.25) is 0 Å². The Morgan fingerprint density at radius 3 is 2.62 bits per heavy atom. The molecule has 3 heterocycles. The quantitative estimate of drug-likeness (QED) is 0.287. The molecule has 1 aromatic heterocycles. The van der Waals surface area contributed by atoms with Crippen LogP contribution in [0.15, 0.2) is 35.5 Å². The minimum atomic E-state index is -3.88. The highest BCUT2D eigenvalue weighted by Gasteiger charge is 2.62. The third-order valence-electron chi connectivity index (χ3n) is 9.94. The number of hydrogen-bond donors (Lipinski definition) is 2. The van der Waals surface area contributed by atoms with Gasteiger partial charge in [0.1, 0.15) is 29.2 Å². The number of fused-ring (bicyclic) bond motifs is 3. The smallest absolute Gasteiger partial charge is 0.259 e. The first-order valence-corrected chi connectivity index (χ1v) is 18.9. The Bertz CT molecular complexity index is 1810. The molecule has 0 radical (unpaired) electrons. The van der Waals surface area contributed by atoms with Gasteiger partial charge >= 0.3 is 0 Å². The van der Waals surface area contributed by atoms with E-state index in [1.807, 2.05) is 39.0 Å². The number of amides is 3. The largest absolute Gasteiger partial charge is 0.496 e. The van der Waals surface area contributed by atoms with E-state index in [9.17, 15) is 27.7 Å². The summed E-state index contributed by atoms with van der Waals surface area (Å²) in [4.78, 5) is 59.6. The normalized spacial score (nSPS) is 28.1. The molecule has 0 bridgehead atoms. The lowest BCUT2D eigenvalue weighted by molar-refractivity contribution is -0.140. The summed E-state index contributed by atoms with van der Waals surface area (Å²) in [5, 5.41) is 6.04. The molecule has 50 heavy (non-hydrogen) atoms. The van der Waals surface area contributed by atoms with Gasteiger partial charge in [0, 0.05) is 29.4 Å². The van der Waals surface area contributed by atoms with E-state index in [0.29, 0.717) is 54.0 Å². The highest BCUT2D eigenvalue weighted by molar-refractivity contribution is 7.91. The van der Waals surface area contributed by atoms with Gasteiger partial charge in [-0.05, 0) is 71.4 Å². The second-order valence-corrected chi connectivity index (χ2v) is 16.0. The van der Waals surface area contributed by atoms with Crippen LogP contribution in [0.25, 0.3) is 10.9 Å². The van der Waals surface area contributed by atoms with E-state index in [2.05, 4.69) is 15.2 Å². The van der Waals surface area contributed by atoms with Gasteiger partial charge in [-0.25, -0.2) is 13.4 Å². The topological polar surface area (TPSA) is 183 Å². The van der Waals surface area contributed by atoms with Crippen molar-refractivity contribution in [3.05, 3.63) is 40.8 Å². The SMILES string of the molecule is COc1ccc2c(O[C@@H]3C[C@H]4C(=O)N[C@]5(C(=O)NS(=O)(=O)C6CC6)C[C@H]5/C=C\CCCCC[C@H](N=O)C(=O)N4C3)cc(OC(C)C)nc2c1C. The van der Waals surface area contributed by atoms with Gasteiger partial charge in [0.15, 0.2) is 6.04 Å². The summed E-state index contributed by atoms with van der Waals surface area (Å²) in [7, 11) is -2.31. The maximum Gasteiger partial charge on any atom is 0.259 e.